The molecule has 0 aromatic carbocycles. The number of nitrogens with zero attached hydrogens (tertiary/aromatic N) is 1. The zero-order valence-corrected chi connectivity index (χ0v) is 37.9. The van der Waals surface area contributed by atoms with E-state index >= 15 is 0 Å². The molecule has 0 aromatic rings. The van der Waals surface area contributed by atoms with Crippen LogP contribution in [0.4, 0.5) is 0 Å². The van der Waals surface area contributed by atoms with Crippen LogP contribution >= 0.6 is 7.82 Å². The number of hydrogen-bond donors (Lipinski definition) is 4. The first-order chi connectivity index (χ1) is 28.2. The summed E-state index contributed by atoms with van der Waals surface area (Å²) in [4.78, 5) is 35.6. The minimum atomic E-state index is -4.47. The van der Waals surface area contributed by atoms with Crippen molar-refractivity contribution in [2.75, 3.05) is 47.5 Å². The Labute approximate surface area is 356 Å². The number of likely N-dealkylation sites (N-methyl/N-ethyl adjacent to an activating group) is 1. The third kappa shape index (κ3) is 30.3. The van der Waals surface area contributed by atoms with Crippen LogP contribution in [0, 0.1) is 11.8 Å². The standard InChI is InChI=1S/C46H80NO11P/c1-6-8-10-11-12-13-14-15-16-17-18-19-20-21-22-23-25-31-46(52)58-40(38-57-59(53,54)56-35-34-47(3,4)5)37-55-45(51)30-27-26-29-41-42(44(50)36-43(41)49)33-32-39(48)28-24-9-7-2/h12-13,15-16,18-19,26-27,32-33,39-44,48-50H,6-11,14,17,20-25,28-31,34-38H2,1-5H3/p+1/b13-12-,16-15-,19-18-,27-26-,33-32+/t39-,40-,41+,42-,43+,44-/m1/s1. The van der Waals surface area contributed by atoms with Gasteiger partial charge >= 0.3 is 19.8 Å². The molecule has 340 valence electrons. The fourth-order valence-electron chi connectivity index (χ4n) is 6.52. The normalized spacial score (nSPS) is 21.0. The third-order valence-electron chi connectivity index (χ3n) is 10.1. The topological polar surface area (TPSA) is 169 Å². The lowest BCUT2D eigenvalue weighted by Gasteiger charge is -2.24. The Hall–Kier alpha value is -2.41. The minimum absolute atomic E-state index is 0.0259. The molecule has 4 N–H and O–H groups in total. The number of hydrogen-bond acceptors (Lipinski definition) is 10. The van der Waals surface area contributed by atoms with Crippen molar-refractivity contribution in [1.82, 2.24) is 0 Å². The van der Waals surface area contributed by atoms with Crippen LogP contribution in [0.25, 0.3) is 0 Å². The summed E-state index contributed by atoms with van der Waals surface area (Å²) >= 11 is 0. The van der Waals surface area contributed by atoms with Gasteiger partial charge in [-0.3, -0.25) is 18.6 Å². The van der Waals surface area contributed by atoms with Gasteiger partial charge in [0.1, 0.15) is 19.8 Å². The summed E-state index contributed by atoms with van der Waals surface area (Å²) in [5.74, 6) is -1.73. The lowest BCUT2D eigenvalue weighted by molar-refractivity contribution is -0.870. The van der Waals surface area contributed by atoms with Gasteiger partial charge in [0.25, 0.3) is 0 Å². The number of ether oxygens (including phenoxy) is 2. The van der Waals surface area contributed by atoms with E-state index < -0.39 is 50.8 Å². The first-order valence-electron chi connectivity index (χ1n) is 22.3. The molecule has 1 fully saturated rings. The van der Waals surface area contributed by atoms with Gasteiger partial charge in [0.2, 0.25) is 0 Å². The van der Waals surface area contributed by atoms with Crippen molar-refractivity contribution in [1.29, 1.82) is 0 Å². The van der Waals surface area contributed by atoms with E-state index in [1.807, 2.05) is 21.1 Å². The summed E-state index contributed by atoms with van der Waals surface area (Å²) < 4.78 is 34.2. The van der Waals surface area contributed by atoms with Crippen molar-refractivity contribution in [2.45, 2.75) is 160 Å². The van der Waals surface area contributed by atoms with Crippen molar-refractivity contribution >= 4 is 19.8 Å². The van der Waals surface area contributed by atoms with E-state index in [4.69, 9.17) is 18.5 Å². The number of aliphatic hydroxyl groups excluding tert-OH is 3. The highest BCUT2D eigenvalue weighted by atomic mass is 31.2. The summed E-state index contributed by atoms with van der Waals surface area (Å²) in [5.41, 5.74) is 0. The molecule has 0 heterocycles. The second-order valence-corrected chi connectivity index (χ2v) is 18.2. The maximum Gasteiger partial charge on any atom is 0.472 e. The van der Waals surface area contributed by atoms with E-state index in [-0.39, 0.29) is 44.3 Å². The summed E-state index contributed by atoms with van der Waals surface area (Å²) in [6.07, 6.45) is 32.5. The zero-order valence-electron chi connectivity index (χ0n) is 37.0. The third-order valence-corrected chi connectivity index (χ3v) is 11.1. The number of rotatable bonds is 35. The van der Waals surface area contributed by atoms with E-state index in [1.165, 1.54) is 19.3 Å². The zero-order chi connectivity index (χ0) is 43.8. The van der Waals surface area contributed by atoms with E-state index in [2.05, 4.69) is 50.3 Å². The van der Waals surface area contributed by atoms with Crippen molar-refractivity contribution in [3.63, 3.8) is 0 Å². The monoisotopic (exact) mass is 855 g/mol. The second-order valence-electron chi connectivity index (χ2n) is 16.7. The van der Waals surface area contributed by atoms with Crippen molar-refractivity contribution in [3.05, 3.63) is 60.8 Å². The van der Waals surface area contributed by atoms with Gasteiger partial charge in [0.05, 0.1) is 52.5 Å². The van der Waals surface area contributed by atoms with Gasteiger partial charge in [-0.15, -0.1) is 0 Å². The predicted octanol–water partition coefficient (Wildman–Crippen LogP) is 8.84. The summed E-state index contributed by atoms with van der Waals surface area (Å²) in [7, 11) is 1.28. The van der Waals surface area contributed by atoms with E-state index in [0.717, 1.165) is 64.2 Å². The molecule has 0 aliphatic heterocycles. The van der Waals surface area contributed by atoms with Crippen LogP contribution in [-0.4, -0.2) is 109 Å². The number of esters is 2. The smallest absolute Gasteiger partial charge is 0.461 e. The quantitative estimate of drug-likeness (QED) is 0.0158. The Balaban J connectivity index is 2.57. The van der Waals surface area contributed by atoms with Crippen LogP contribution in [0.3, 0.4) is 0 Å². The molecule has 12 nitrogen and oxygen atoms in total. The molecule has 1 rings (SSSR count). The molecule has 1 aliphatic carbocycles. The lowest BCUT2D eigenvalue weighted by Crippen LogP contribution is -2.37. The Morgan fingerprint density at radius 1 is 0.763 bits per heavy atom. The molecule has 1 saturated carbocycles. The molecule has 59 heavy (non-hydrogen) atoms. The Bertz CT molecular complexity index is 1310. The van der Waals surface area contributed by atoms with Gasteiger partial charge in [0.15, 0.2) is 6.10 Å². The van der Waals surface area contributed by atoms with Gasteiger partial charge in [-0.05, 0) is 63.7 Å². The number of phosphoric acid groups is 1. The molecule has 1 aliphatic rings. The number of carbonyl (C=O) groups excluding carboxylic acids is 2. The summed E-state index contributed by atoms with van der Waals surface area (Å²) in [5, 5.41) is 31.4. The van der Waals surface area contributed by atoms with Gasteiger partial charge < -0.3 is 34.2 Å². The number of allylic oxidation sites excluding steroid dienone is 7. The molecule has 0 spiro atoms. The number of quaternary nitrogens is 1. The van der Waals surface area contributed by atoms with Gasteiger partial charge in [-0.2, -0.15) is 0 Å². The summed E-state index contributed by atoms with van der Waals surface area (Å²) in [6, 6.07) is 0. The van der Waals surface area contributed by atoms with Crippen LogP contribution in [0.15, 0.2) is 60.8 Å². The Kier molecular flexibility index (Phi) is 30.8. The van der Waals surface area contributed by atoms with E-state index in [9.17, 15) is 34.4 Å². The molecule has 0 bridgehead atoms. The average molecular weight is 855 g/mol. The molecule has 0 aromatic heterocycles. The summed E-state index contributed by atoms with van der Waals surface area (Å²) in [6.45, 7) is 3.87. The van der Waals surface area contributed by atoms with E-state index in [1.54, 1.807) is 24.3 Å². The number of aliphatic hydroxyl groups is 3. The predicted molar refractivity (Wildman–Crippen MR) is 235 cm³/mol. The van der Waals surface area contributed by atoms with Crippen LogP contribution in [0.1, 0.15) is 136 Å². The van der Waals surface area contributed by atoms with Crippen LogP contribution in [-0.2, 0) is 32.7 Å². The maximum absolute atomic E-state index is 12.7. The SMILES string of the molecule is CCCCC/C=C\C/C=C\C/C=C\CCCCCCC(=O)O[C@H](COC(=O)C/C=C\C[C@H]1[C@@H](/C=C/[C@H](O)CCCCC)[C@H](O)C[C@@H]1O)COP(=O)(O)OCC[N+](C)(C)C. The Morgan fingerprint density at radius 3 is 2.05 bits per heavy atom. The molecule has 7 atom stereocenters. The maximum atomic E-state index is 12.7. The number of phosphoric ester groups is 1. The van der Waals surface area contributed by atoms with E-state index in [0.29, 0.717) is 30.3 Å². The molecule has 0 amide bonds. The highest BCUT2D eigenvalue weighted by molar-refractivity contribution is 7.47. The van der Waals surface area contributed by atoms with Crippen molar-refractivity contribution in [3.8, 4) is 0 Å². The molecule has 0 radical (unpaired) electrons. The second kappa shape index (κ2) is 33.2. The van der Waals surface area contributed by atoms with Gasteiger partial charge in [-0.1, -0.05) is 120 Å². The van der Waals surface area contributed by atoms with Gasteiger partial charge in [-0.25, -0.2) is 4.57 Å². The molecular formula is C46H81NO11P+. The first-order valence-corrected chi connectivity index (χ1v) is 23.8. The fourth-order valence-corrected chi connectivity index (χ4v) is 7.26. The molecule has 13 heteroatoms. The van der Waals surface area contributed by atoms with Gasteiger partial charge in [0, 0.05) is 18.8 Å². The molecule has 0 saturated heterocycles. The number of unbranched alkanes of at least 4 members (excludes halogenated alkanes) is 9. The van der Waals surface area contributed by atoms with Crippen LogP contribution < -0.4 is 0 Å². The molecule has 1 unspecified atom stereocenters. The van der Waals surface area contributed by atoms with Crippen LogP contribution in [0.5, 0.6) is 0 Å². The number of carbonyl (C=O) groups is 2. The van der Waals surface area contributed by atoms with Crippen molar-refractivity contribution in [2.24, 2.45) is 11.8 Å². The highest BCUT2D eigenvalue weighted by Crippen LogP contribution is 2.43. The highest BCUT2D eigenvalue weighted by Gasteiger charge is 2.39. The average Bonchev–Trinajstić information content (AvgIpc) is 3.44. The largest absolute Gasteiger partial charge is 0.472 e. The molecular weight excluding hydrogens is 773 g/mol. The minimum Gasteiger partial charge on any atom is -0.461 e. The first kappa shape index (κ1) is 54.6. The lowest BCUT2D eigenvalue weighted by atomic mass is 9.89. The van der Waals surface area contributed by atoms with Crippen LogP contribution in [0.2, 0.25) is 0 Å². The fraction of sp³-hybridized carbons (Fsp3) is 0.739. The Morgan fingerprint density at radius 2 is 1.39 bits per heavy atom. The van der Waals surface area contributed by atoms with Crippen molar-refractivity contribution < 1.29 is 57.4 Å².